The summed E-state index contributed by atoms with van der Waals surface area (Å²) in [6.45, 7) is 5.77. The molecular weight excluding hydrogens is 587 g/mol. The number of fused-ring (bicyclic) bond motifs is 5. The molecule has 0 saturated carbocycles. The normalized spacial score (nSPS) is 25.8. The van der Waals surface area contributed by atoms with Crippen LogP contribution >= 0.6 is 0 Å². The Hall–Kier alpha value is -4.09. The van der Waals surface area contributed by atoms with Gasteiger partial charge in [0.2, 0.25) is 0 Å². The summed E-state index contributed by atoms with van der Waals surface area (Å²) in [6, 6.07) is 10.2. The van der Waals surface area contributed by atoms with Gasteiger partial charge >= 0.3 is 6.01 Å². The van der Waals surface area contributed by atoms with Crippen LogP contribution < -0.4 is 15.0 Å². The average Bonchev–Trinajstić information content (AvgIpc) is 3.74. The highest BCUT2D eigenvalue weighted by Gasteiger charge is 2.50. The van der Waals surface area contributed by atoms with E-state index < -0.39 is 5.82 Å². The number of benzene rings is 2. The van der Waals surface area contributed by atoms with Crippen LogP contribution in [0, 0.1) is 5.82 Å². The summed E-state index contributed by atoms with van der Waals surface area (Å²) in [4.78, 5) is 29.8. The molecular formula is C35H39FN6O4. The van der Waals surface area contributed by atoms with Crippen LogP contribution in [0.2, 0.25) is 0 Å². The van der Waals surface area contributed by atoms with Gasteiger partial charge in [-0.2, -0.15) is 9.97 Å². The molecule has 4 aromatic rings. The van der Waals surface area contributed by atoms with Gasteiger partial charge in [0.05, 0.1) is 10.9 Å². The molecule has 2 aromatic carbocycles. The molecule has 0 amide bonds. The first kappa shape index (κ1) is 29.3. The summed E-state index contributed by atoms with van der Waals surface area (Å²) >= 11 is 0. The first-order chi connectivity index (χ1) is 22.5. The molecule has 10 nitrogen and oxygen atoms in total. The lowest BCUT2D eigenvalue weighted by atomic mass is 9.95. The lowest BCUT2D eigenvalue weighted by Crippen LogP contribution is -2.51. The minimum absolute atomic E-state index is 0.0505. The molecule has 0 radical (unpaired) electrons. The van der Waals surface area contributed by atoms with Gasteiger partial charge in [0, 0.05) is 43.0 Å². The number of hydrogen-bond acceptors (Lipinski definition) is 10. The molecule has 2 bridgehead atoms. The third kappa shape index (κ3) is 4.91. The molecule has 8 rings (SSSR count). The van der Waals surface area contributed by atoms with Crippen molar-refractivity contribution in [1.82, 2.24) is 25.2 Å². The van der Waals surface area contributed by atoms with Crippen molar-refractivity contribution in [2.75, 3.05) is 37.7 Å². The van der Waals surface area contributed by atoms with Gasteiger partial charge in [-0.1, -0.05) is 25.1 Å². The van der Waals surface area contributed by atoms with Gasteiger partial charge in [-0.15, -0.1) is 0 Å². The number of hydrogen-bond donors (Lipinski definition) is 2. The second-order valence-corrected chi connectivity index (χ2v) is 13.3. The number of aromatic nitrogens is 3. The van der Waals surface area contributed by atoms with Crippen molar-refractivity contribution in [3.63, 3.8) is 0 Å². The van der Waals surface area contributed by atoms with E-state index in [0.717, 1.165) is 80.9 Å². The Morgan fingerprint density at radius 1 is 1.15 bits per heavy atom. The Morgan fingerprint density at radius 3 is 2.80 bits per heavy atom. The molecule has 4 fully saturated rings. The van der Waals surface area contributed by atoms with Gasteiger partial charge in [-0.25, -0.2) is 4.39 Å². The summed E-state index contributed by atoms with van der Waals surface area (Å²) in [6.07, 6.45) is 8.48. The number of aryl methyl sites for hydroxylation is 1. The van der Waals surface area contributed by atoms with E-state index in [2.05, 4.69) is 27.0 Å². The monoisotopic (exact) mass is 626 g/mol. The maximum atomic E-state index is 16.9. The number of pyridine rings is 1. The molecule has 2 aromatic heterocycles. The SMILES string of the molecule is CCc1cccc2cc(O)cc(-c3ncc4c(N5CC6CCC(C5)N6)nc(OC[C@]56CCCN5[C@H](COC=O)CC6)nc4c3F)c12. The van der Waals surface area contributed by atoms with Crippen LogP contribution in [0.1, 0.15) is 51.0 Å². The Kier molecular flexibility index (Phi) is 7.40. The molecule has 4 saturated heterocycles. The van der Waals surface area contributed by atoms with Gasteiger partial charge in [-0.3, -0.25) is 14.7 Å². The molecule has 11 heteroatoms. The first-order valence-electron chi connectivity index (χ1n) is 16.5. The molecule has 0 aliphatic carbocycles. The van der Waals surface area contributed by atoms with Crippen LogP contribution in [0.25, 0.3) is 32.9 Å². The molecule has 2 N–H and O–H groups in total. The van der Waals surface area contributed by atoms with Gasteiger partial charge in [0.1, 0.15) is 36.0 Å². The summed E-state index contributed by atoms with van der Waals surface area (Å²) in [5, 5.41) is 16.5. The van der Waals surface area contributed by atoms with Crippen molar-refractivity contribution in [2.24, 2.45) is 0 Å². The number of piperazine rings is 1. The fourth-order valence-corrected chi connectivity index (χ4v) is 8.59. The molecule has 0 spiro atoms. The standard InChI is InChI=1S/C35H39FN6O4/c1-2-21-5-3-6-22-13-26(44)14-27(29(21)22)31-30(36)32-28(15-37-31)33(41-16-23-7-8-24(17-41)38-23)40-34(39-32)46-19-35-10-4-12-42(35)25(9-11-35)18-45-20-43/h3,5-6,13-15,20,23-25,38,44H,2,4,7-12,16-19H2,1H3/t23?,24?,25-,35+/m0/s1. The number of carbonyl (C=O) groups excluding carboxylic acids is 1. The molecule has 4 aliphatic heterocycles. The molecule has 4 aliphatic rings. The van der Waals surface area contributed by atoms with Crippen LogP contribution in [-0.4, -0.2) is 87.9 Å². The zero-order chi connectivity index (χ0) is 31.4. The number of nitrogens with zero attached hydrogens (tertiary/aromatic N) is 5. The smallest absolute Gasteiger partial charge is 0.319 e. The maximum Gasteiger partial charge on any atom is 0.319 e. The number of phenolic OH excluding ortho intramolecular Hbond substituents is 1. The second-order valence-electron chi connectivity index (χ2n) is 13.3. The minimum Gasteiger partial charge on any atom is -0.508 e. The van der Waals surface area contributed by atoms with Crippen LogP contribution in [0.5, 0.6) is 11.8 Å². The number of anilines is 1. The Labute approximate surface area is 266 Å². The van der Waals surface area contributed by atoms with E-state index in [4.69, 9.17) is 19.4 Å². The van der Waals surface area contributed by atoms with E-state index in [1.165, 1.54) is 0 Å². The van der Waals surface area contributed by atoms with E-state index in [0.29, 0.717) is 48.5 Å². The number of nitrogens with one attached hydrogen (secondary N) is 1. The van der Waals surface area contributed by atoms with Crippen LogP contribution in [0.3, 0.4) is 0 Å². The Bertz CT molecular complexity index is 1810. The van der Waals surface area contributed by atoms with Crippen LogP contribution in [0.15, 0.2) is 36.5 Å². The fraction of sp³-hybridized carbons (Fsp3) is 0.486. The summed E-state index contributed by atoms with van der Waals surface area (Å²) in [5.41, 5.74) is 1.68. The molecule has 2 unspecified atom stereocenters. The van der Waals surface area contributed by atoms with E-state index in [1.807, 2.05) is 18.2 Å². The van der Waals surface area contributed by atoms with E-state index >= 15 is 4.39 Å². The first-order valence-corrected chi connectivity index (χ1v) is 16.5. The van der Waals surface area contributed by atoms with Crippen molar-refractivity contribution < 1.29 is 23.8 Å². The lowest BCUT2D eigenvalue weighted by molar-refractivity contribution is -0.130. The van der Waals surface area contributed by atoms with Crippen molar-refractivity contribution in [2.45, 2.75) is 75.5 Å². The van der Waals surface area contributed by atoms with E-state index in [1.54, 1.807) is 18.3 Å². The summed E-state index contributed by atoms with van der Waals surface area (Å²) in [7, 11) is 0. The quantitative estimate of drug-likeness (QED) is 0.253. The van der Waals surface area contributed by atoms with Gasteiger partial charge in [0.15, 0.2) is 5.82 Å². The maximum absolute atomic E-state index is 16.9. The van der Waals surface area contributed by atoms with E-state index in [9.17, 15) is 9.90 Å². The van der Waals surface area contributed by atoms with Crippen LogP contribution in [-0.2, 0) is 16.0 Å². The predicted octanol–water partition coefficient (Wildman–Crippen LogP) is 4.74. The molecule has 46 heavy (non-hydrogen) atoms. The topological polar surface area (TPSA) is 113 Å². The average molecular weight is 627 g/mol. The Morgan fingerprint density at radius 2 is 2.00 bits per heavy atom. The van der Waals surface area contributed by atoms with Crippen molar-refractivity contribution in [3.05, 3.63) is 47.9 Å². The number of halogens is 1. The van der Waals surface area contributed by atoms with Crippen molar-refractivity contribution >= 4 is 34.0 Å². The fourth-order valence-electron chi connectivity index (χ4n) is 8.59. The highest BCUT2D eigenvalue weighted by molar-refractivity contribution is 6.01. The van der Waals surface area contributed by atoms with Gasteiger partial charge in [0.25, 0.3) is 6.47 Å². The number of rotatable bonds is 9. The van der Waals surface area contributed by atoms with E-state index in [-0.39, 0.29) is 34.6 Å². The second kappa shape index (κ2) is 11.6. The molecule has 240 valence electrons. The predicted molar refractivity (Wildman–Crippen MR) is 173 cm³/mol. The summed E-state index contributed by atoms with van der Waals surface area (Å²) < 4.78 is 28.5. The van der Waals surface area contributed by atoms with Gasteiger partial charge < -0.3 is 24.8 Å². The highest BCUT2D eigenvalue weighted by atomic mass is 19.1. The lowest BCUT2D eigenvalue weighted by Gasteiger charge is -2.35. The zero-order valence-electron chi connectivity index (χ0n) is 26.0. The van der Waals surface area contributed by atoms with Crippen molar-refractivity contribution in [1.29, 1.82) is 0 Å². The molecule has 4 atom stereocenters. The zero-order valence-corrected chi connectivity index (χ0v) is 26.0. The van der Waals surface area contributed by atoms with Crippen molar-refractivity contribution in [3.8, 4) is 23.0 Å². The number of carbonyl (C=O) groups is 1. The third-order valence-electron chi connectivity index (χ3n) is 10.7. The Balaban J connectivity index is 1.22. The number of ether oxygens (including phenoxy) is 2. The highest BCUT2D eigenvalue weighted by Crippen LogP contribution is 2.43. The van der Waals surface area contributed by atoms with Gasteiger partial charge in [-0.05, 0) is 80.0 Å². The third-order valence-corrected chi connectivity index (χ3v) is 10.7. The largest absolute Gasteiger partial charge is 0.508 e. The summed E-state index contributed by atoms with van der Waals surface area (Å²) in [5.74, 6) is 0.125. The number of aromatic hydroxyl groups is 1. The number of phenols is 1. The van der Waals surface area contributed by atoms with Crippen LogP contribution in [0.4, 0.5) is 10.2 Å². The molecule has 6 heterocycles. The minimum atomic E-state index is -0.561.